The highest BCUT2D eigenvalue weighted by atomic mass is 16.6. The zero-order chi connectivity index (χ0) is 21.4. The third kappa shape index (κ3) is 3.72. The monoisotopic (exact) mass is 407 g/mol. The van der Waals surface area contributed by atoms with Crippen LogP contribution < -0.4 is 16.4 Å². The van der Waals surface area contributed by atoms with Gasteiger partial charge in [0.1, 0.15) is 5.58 Å². The number of aromatic nitrogens is 2. The van der Waals surface area contributed by atoms with Crippen LogP contribution in [0.1, 0.15) is 23.0 Å². The van der Waals surface area contributed by atoms with Gasteiger partial charge in [-0.25, -0.2) is 9.59 Å². The van der Waals surface area contributed by atoms with E-state index < -0.39 is 18.0 Å². The Morgan fingerprint density at radius 2 is 1.80 bits per heavy atom. The molecule has 0 saturated heterocycles. The minimum Gasteiger partial charge on any atom is -0.449 e. The summed E-state index contributed by atoms with van der Waals surface area (Å²) in [5.74, 6) is -1.80. The van der Waals surface area contributed by atoms with Gasteiger partial charge in [-0.05, 0) is 44.2 Å². The van der Waals surface area contributed by atoms with E-state index in [-0.39, 0.29) is 22.5 Å². The van der Waals surface area contributed by atoms with Gasteiger partial charge in [0.25, 0.3) is 5.91 Å². The molecule has 30 heavy (non-hydrogen) atoms. The van der Waals surface area contributed by atoms with Crippen molar-refractivity contribution in [3.63, 3.8) is 0 Å². The lowest BCUT2D eigenvalue weighted by molar-refractivity contribution is -0.123. The predicted molar refractivity (Wildman–Crippen MR) is 110 cm³/mol. The third-order valence-corrected chi connectivity index (χ3v) is 4.52. The van der Waals surface area contributed by atoms with Crippen LogP contribution in [0.4, 0.5) is 5.69 Å². The Balaban J connectivity index is 1.48. The summed E-state index contributed by atoms with van der Waals surface area (Å²) in [7, 11) is 0. The Labute approximate surface area is 168 Å². The predicted octanol–water partition coefficient (Wildman–Crippen LogP) is 2.46. The number of hydrogen-bond acceptors (Lipinski definition) is 6. The number of imidazole rings is 1. The summed E-state index contributed by atoms with van der Waals surface area (Å²) in [5.41, 5.74) is 1.94. The molecule has 0 radical (unpaired) electrons. The molecule has 9 heteroatoms. The zero-order valence-electron chi connectivity index (χ0n) is 16.1. The van der Waals surface area contributed by atoms with E-state index in [1.54, 1.807) is 36.4 Å². The number of esters is 1. The van der Waals surface area contributed by atoms with Crippen molar-refractivity contribution in [1.29, 1.82) is 0 Å². The number of ether oxygens (including phenoxy) is 1. The molecule has 4 rings (SSSR count). The summed E-state index contributed by atoms with van der Waals surface area (Å²) in [6.07, 6.45) is -1.16. The van der Waals surface area contributed by atoms with Gasteiger partial charge in [-0.3, -0.25) is 9.59 Å². The normalized spacial score (nSPS) is 12.1. The van der Waals surface area contributed by atoms with Gasteiger partial charge in [0.05, 0.1) is 16.4 Å². The smallest absolute Gasteiger partial charge is 0.375 e. The Hall–Kier alpha value is -4.14. The number of amides is 1. The first kappa shape index (κ1) is 19.2. The van der Waals surface area contributed by atoms with Crippen LogP contribution in [0.25, 0.3) is 22.0 Å². The molecule has 0 aliphatic carbocycles. The maximum Gasteiger partial charge on any atom is 0.375 e. The van der Waals surface area contributed by atoms with Crippen molar-refractivity contribution in [2.24, 2.45) is 0 Å². The fourth-order valence-corrected chi connectivity index (χ4v) is 3.00. The number of carbonyl (C=O) groups excluding carboxylic acids is 2. The summed E-state index contributed by atoms with van der Waals surface area (Å²) in [4.78, 5) is 53.5. The van der Waals surface area contributed by atoms with E-state index >= 15 is 0 Å². The number of H-pyrrole nitrogens is 2. The number of rotatable bonds is 4. The molecule has 9 nitrogen and oxygen atoms in total. The summed E-state index contributed by atoms with van der Waals surface area (Å²) in [6, 6.07) is 10.9. The molecule has 1 amide bonds. The van der Waals surface area contributed by atoms with E-state index in [1.807, 2.05) is 6.92 Å². The van der Waals surface area contributed by atoms with Crippen molar-refractivity contribution in [3.8, 4) is 0 Å². The van der Waals surface area contributed by atoms with Crippen LogP contribution in [-0.4, -0.2) is 27.9 Å². The summed E-state index contributed by atoms with van der Waals surface area (Å²) in [6.45, 7) is 3.24. The largest absolute Gasteiger partial charge is 0.449 e. The lowest BCUT2D eigenvalue weighted by atomic mass is 10.1. The second-order valence-corrected chi connectivity index (χ2v) is 6.85. The van der Waals surface area contributed by atoms with Gasteiger partial charge in [-0.15, -0.1) is 0 Å². The van der Waals surface area contributed by atoms with Gasteiger partial charge in [0.15, 0.2) is 11.5 Å². The van der Waals surface area contributed by atoms with E-state index in [0.29, 0.717) is 22.1 Å². The molecule has 3 N–H and O–H groups in total. The Morgan fingerprint density at radius 1 is 1.03 bits per heavy atom. The van der Waals surface area contributed by atoms with Crippen LogP contribution in [0.3, 0.4) is 0 Å². The molecule has 2 aromatic heterocycles. The first-order valence-corrected chi connectivity index (χ1v) is 9.08. The van der Waals surface area contributed by atoms with Crippen LogP contribution in [0.5, 0.6) is 0 Å². The van der Waals surface area contributed by atoms with Crippen molar-refractivity contribution in [3.05, 3.63) is 74.5 Å². The van der Waals surface area contributed by atoms with E-state index in [1.165, 1.54) is 6.92 Å². The van der Waals surface area contributed by atoms with Crippen molar-refractivity contribution in [2.75, 3.05) is 5.32 Å². The number of anilines is 1. The Kier molecular flexibility index (Phi) is 4.71. The maximum atomic E-state index is 12.4. The van der Waals surface area contributed by atoms with Crippen LogP contribution >= 0.6 is 0 Å². The number of nitrogens with one attached hydrogen (secondary N) is 3. The van der Waals surface area contributed by atoms with Gasteiger partial charge in [-0.2, -0.15) is 0 Å². The summed E-state index contributed by atoms with van der Waals surface area (Å²) in [5, 5.41) is 2.96. The zero-order valence-corrected chi connectivity index (χ0v) is 16.1. The number of fused-ring (bicyclic) bond motifs is 2. The highest BCUT2D eigenvalue weighted by Gasteiger charge is 2.22. The first-order valence-electron chi connectivity index (χ1n) is 9.08. The molecule has 1 atom stereocenters. The van der Waals surface area contributed by atoms with E-state index in [9.17, 15) is 19.2 Å². The van der Waals surface area contributed by atoms with E-state index in [4.69, 9.17) is 9.15 Å². The molecule has 0 fully saturated rings. The molecule has 152 valence electrons. The van der Waals surface area contributed by atoms with Crippen LogP contribution in [0, 0.1) is 6.92 Å². The van der Waals surface area contributed by atoms with Gasteiger partial charge in [0.2, 0.25) is 5.76 Å². The minimum atomic E-state index is -1.16. The topological polar surface area (TPSA) is 134 Å². The van der Waals surface area contributed by atoms with Gasteiger partial charge in [-0.1, -0.05) is 11.6 Å². The van der Waals surface area contributed by atoms with Crippen LogP contribution in [0.15, 0.2) is 56.5 Å². The number of benzene rings is 2. The van der Waals surface area contributed by atoms with E-state index in [2.05, 4.69) is 15.3 Å². The Bertz CT molecular complexity index is 1410. The lowest BCUT2D eigenvalue weighted by Gasteiger charge is -2.13. The Morgan fingerprint density at radius 3 is 2.60 bits per heavy atom. The molecular formula is C21H17N3O6. The number of carbonyl (C=O) groups is 2. The van der Waals surface area contributed by atoms with Crippen LogP contribution in [0.2, 0.25) is 0 Å². The molecule has 0 bridgehead atoms. The molecule has 4 aromatic rings. The molecule has 2 heterocycles. The number of hydrogen-bond donors (Lipinski definition) is 3. The molecule has 0 saturated carbocycles. The second kappa shape index (κ2) is 7.36. The molecule has 0 aliphatic rings. The minimum absolute atomic E-state index is 0.256. The lowest BCUT2D eigenvalue weighted by Crippen LogP contribution is -2.30. The van der Waals surface area contributed by atoms with Crippen molar-refractivity contribution in [2.45, 2.75) is 20.0 Å². The summed E-state index contributed by atoms with van der Waals surface area (Å²) < 4.78 is 10.6. The summed E-state index contributed by atoms with van der Waals surface area (Å²) >= 11 is 0. The highest BCUT2D eigenvalue weighted by Crippen LogP contribution is 2.17. The standard InChI is InChI=1S/C21H17N3O6/c1-10-3-6-17-13(7-10)16(25)9-18(30-17)20(27)29-11(2)19(26)22-12-4-5-14-15(8-12)24-21(28)23-14/h3-9,11H,1-2H3,(H,22,26)(H2,23,24,28)/t11-/m0/s1. The van der Waals surface area contributed by atoms with Gasteiger partial charge >= 0.3 is 11.7 Å². The van der Waals surface area contributed by atoms with Gasteiger partial charge in [0, 0.05) is 11.8 Å². The average Bonchev–Trinajstić information content (AvgIpc) is 3.07. The quantitative estimate of drug-likeness (QED) is 0.445. The number of aryl methyl sites for hydroxylation is 1. The molecule has 0 spiro atoms. The fraction of sp³-hybridized carbons (Fsp3) is 0.143. The number of aromatic amines is 2. The molecule has 0 aliphatic heterocycles. The van der Waals surface area contributed by atoms with Gasteiger partial charge < -0.3 is 24.4 Å². The SMILES string of the molecule is Cc1ccc2oc(C(=O)O[C@@H](C)C(=O)Nc3ccc4[nH]c(=O)[nH]c4c3)cc(=O)c2c1. The van der Waals surface area contributed by atoms with E-state index in [0.717, 1.165) is 11.6 Å². The van der Waals surface area contributed by atoms with Crippen molar-refractivity contribution >= 4 is 39.6 Å². The van der Waals surface area contributed by atoms with Crippen molar-refractivity contribution in [1.82, 2.24) is 9.97 Å². The maximum absolute atomic E-state index is 12.4. The average molecular weight is 407 g/mol. The molecule has 0 unspecified atom stereocenters. The fourth-order valence-electron chi connectivity index (χ4n) is 3.00. The third-order valence-electron chi connectivity index (χ3n) is 4.52. The molecular weight excluding hydrogens is 390 g/mol. The second-order valence-electron chi connectivity index (χ2n) is 6.85. The first-order chi connectivity index (χ1) is 14.3. The molecule has 2 aromatic carbocycles. The van der Waals surface area contributed by atoms with Crippen molar-refractivity contribution < 1.29 is 18.7 Å². The van der Waals surface area contributed by atoms with Crippen LogP contribution in [-0.2, 0) is 9.53 Å². The highest BCUT2D eigenvalue weighted by molar-refractivity contribution is 5.98.